The van der Waals surface area contributed by atoms with Crippen molar-refractivity contribution in [1.29, 1.82) is 0 Å². The smallest absolute Gasteiger partial charge is 0.274 e. The number of pyridine rings is 1. The van der Waals surface area contributed by atoms with E-state index in [1.807, 2.05) is 19.1 Å². The van der Waals surface area contributed by atoms with Crippen molar-refractivity contribution in [3.8, 4) is 5.75 Å². The summed E-state index contributed by atoms with van der Waals surface area (Å²) in [6, 6.07) is 12.0. The van der Waals surface area contributed by atoms with Crippen LogP contribution in [-0.2, 0) is 6.54 Å². The van der Waals surface area contributed by atoms with Crippen LogP contribution in [-0.4, -0.2) is 39.4 Å². The number of carbonyl (C=O) groups is 1. The molecule has 1 unspecified atom stereocenters. The first kappa shape index (κ1) is 20.9. The Kier molecular flexibility index (Phi) is 6.18. The molecule has 2 aromatic heterocycles. The summed E-state index contributed by atoms with van der Waals surface area (Å²) < 4.78 is 18.5. The fraction of sp³-hybridized carbons (Fsp3) is 0.304. The highest BCUT2D eigenvalue weighted by molar-refractivity contribution is 6.03. The van der Waals surface area contributed by atoms with Crippen LogP contribution in [0.5, 0.6) is 5.75 Å². The van der Waals surface area contributed by atoms with Gasteiger partial charge in [-0.05, 0) is 56.6 Å². The number of aromatic nitrogens is 3. The molecule has 4 rings (SSSR count). The first-order valence-electron chi connectivity index (χ1n) is 10.2. The van der Waals surface area contributed by atoms with Gasteiger partial charge in [-0.3, -0.25) is 14.7 Å². The third-order valence-electron chi connectivity index (χ3n) is 5.27. The van der Waals surface area contributed by atoms with E-state index in [0.29, 0.717) is 29.5 Å². The van der Waals surface area contributed by atoms with Crippen LogP contribution in [0.25, 0.3) is 0 Å². The van der Waals surface area contributed by atoms with Crippen LogP contribution < -0.4 is 10.1 Å². The minimum absolute atomic E-state index is 0.0236. The lowest BCUT2D eigenvalue weighted by Gasteiger charge is -2.23. The number of halogens is 1. The number of benzene rings is 1. The van der Waals surface area contributed by atoms with Crippen molar-refractivity contribution in [2.24, 2.45) is 0 Å². The minimum atomic E-state index is -0.352. The number of methoxy groups -OCH3 is 1. The Morgan fingerprint density at radius 1 is 1.26 bits per heavy atom. The maximum absolute atomic E-state index is 13.2. The first-order valence-corrected chi connectivity index (χ1v) is 10.2. The molecule has 0 aliphatic carbocycles. The van der Waals surface area contributed by atoms with Gasteiger partial charge in [0.05, 0.1) is 30.7 Å². The Morgan fingerprint density at radius 2 is 2.10 bits per heavy atom. The Morgan fingerprint density at radius 3 is 2.87 bits per heavy atom. The second kappa shape index (κ2) is 9.18. The number of amides is 1. The van der Waals surface area contributed by atoms with Gasteiger partial charge in [-0.25, -0.2) is 14.4 Å². The normalized spacial score (nSPS) is 16.3. The zero-order valence-corrected chi connectivity index (χ0v) is 17.5. The molecule has 0 saturated carbocycles. The summed E-state index contributed by atoms with van der Waals surface area (Å²) in [6.07, 6.45) is 3.11. The van der Waals surface area contributed by atoms with Crippen molar-refractivity contribution in [2.45, 2.75) is 32.4 Å². The van der Waals surface area contributed by atoms with Crippen molar-refractivity contribution < 1.29 is 13.9 Å². The largest absolute Gasteiger partial charge is 0.495 e. The molecular weight excluding hydrogens is 397 g/mol. The van der Waals surface area contributed by atoms with E-state index in [9.17, 15) is 9.18 Å². The third kappa shape index (κ3) is 4.86. The standard InChI is InChI=1S/C23H24FN5O2/c1-15-12-19(23(30)28-18-6-3-4-8-21(18)31-2)27-22(26-15)20-7-5-11-29(20)14-17-10-9-16(24)13-25-17/h3-4,6,8-10,12-13,20H,5,7,11,14H2,1-2H3,(H,28,30). The molecule has 1 amide bonds. The second-order valence-electron chi connectivity index (χ2n) is 7.50. The number of hydrogen-bond acceptors (Lipinski definition) is 6. The average molecular weight is 421 g/mol. The molecule has 8 heteroatoms. The zero-order chi connectivity index (χ0) is 21.8. The van der Waals surface area contributed by atoms with E-state index in [2.05, 4.69) is 25.2 Å². The molecule has 0 radical (unpaired) electrons. The van der Waals surface area contributed by atoms with Crippen LogP contribution in [0.1, 0.15) is 46.6 Å². The minimum Gasteiger partial charge on any atom is -0.495 e. The Bertz CT molecular complexity index is 1070. The van der Waals surface area contributed by atoms with Gasteiger partial charge in [0.15, 0.2) is 0 Å². The highest BCUT2D eigenvalue weighted by atomic mass is 19.1. The van der Waals surface area contributed by atoms with Crippen molar-refractivity contribution in [1.82, 2.24) is 19.9 Å². The summed E-state index contributed by atoms with van der Waals surface area (Å²) in [5, 5.41) is 2.87. The number of carbonyl (C=O) groups excluding carboxylic acids is 1. The van der Waals surface area contributed by atoms with E-state index >= 15 is 0 Å². The second-order valence-corrected chi connectivity index (χ2v) is 7.50. The van der Waals surface area contributed by atoms with Gasteiger partial charge in [0.1, 0.15) is 23.1 Å². The summed E-state index contributed by atoms with van der Waals surface area (Å²) >= 11 is 0. The van der Waals surface area contributed by atoms with Crippen LogP contribution in [0, 0.1) is 12.7 Å². The Hall–Kier alpha value is -3.39. The molecule has 1 aromatic carbocycles. The number of nitrogens with one attached hydrogen (secondary N) is 1. The molecule has 1 atom stereocenters. The topological polar surface area (TPSA) is 80.2 Å². The maximum atomic E-state index is 13.2. The molecular formula is C23H24FN5O2. The SMILES string of the molecule is COc1ccccc1NC(=O)c1cc(C)nc(C2CCCN2Cc2ccc(F)cn2)n1. The van der Waals surface area contributed by atoms with E-state index in [1.54, 1.807) is 31.4 Å². The highest BCUT2D eigenvalue weighted by Crippen LogP contribution is 2.31. The van der Waals surface area contributed by atoms with E-state index in [4.69, 9.17) is 4.74 Å². The van der Waals surface area contributed by atoms with Crippen LogP contribution in [0.4, 0.5) is 10.1 Å². The van der Waals surface area contributed by atoms with E-state index in [1.165, 1.54) is 12.3 Å². The average Bonchev–Trinajstić information content (AvgIpc) is 3.23. The number of anilines is 1. The van der Waals surface area contributed by atoms with E-state index in [0.717, 1.165) is 30.8 Å². The molecule has 7 nitrogen and oxygen atoms in total. The van der Waals surface area contributed by atoms with Crippen LogP contribution in [0.3, 0.4) is 0 Å². The van der Waals surface area contributed by atoms with E-state index in [-0.39, 0.29) is 17.8 Å². The van der Waals surface area contributed by atoms with Crippen molar-refractivity contribution >= 4 is 11.6 Å². The monoisotopic (exact) mass is 421 g/mol. The fourth-order valence-electron chi connectivity index (χ4n) is 3.81. The molecule has 1 fully saturated rings. The molecule has 1 N–H and O–H groups in total. The van der Waals surface area contributed by atoms with Crippen molar-refractivity contribution in [3.05, 3.63) is 77.4 Å². The zero-order valence-electron chi connectivity index (χ0n) is 17.5. The lowest BCUT2D eigenvalue weighted by atomic mass is 10.2. The highest BCUT2D eigenvalue weighted by Gasteiger charge is 2.29. The Balaban J connectivity index is 1.55. The molecule has 31 heavy (non-hydrogen) atoms. The molecule has 1 aliphatic rings. The predicted octanol–water partition coefficient (Wildman–Crippen LogP) is 3.92. The molecule has 1 aliphatic heterocycles. The number of hydrogen-bond donors (Lipinski definition) is 1. The molecule has 0 bridgehead atoms. The van der Waals surface area contributed by atoms with Crippen LogP contribution in [0.2, 0.25) is 0 Å². The number of para-hydroxylation sites is 2. The number of aryl methyl sites for hydroxylation is 1. The van der Waals surface area contributed by atoms with Gasteiger partial charge >= 0.3 is 0 Å². The quantitative estimate of drug-likeness (QED) is 0.650. The summed E-state index contributed by atoms with van der Waals surface area (Å²) in [5.74, 6) is 0.524. The number of likely N-dealkylation sites (tertiary alicyclic amines) is 1. The van der Waals surface area contributed by atoms with Crippen LogP contribution in [0.15, 0.2) is 48.7 Å². The number of nitrogens with zero attached hydrogens (tertiary/aromatic N) is 4. The molecule has 3 aromatic rings. The van der Waals surface area contributed by atoms with Gasteiger partial charge in [0, 0.05) is 12.2 Å². The predicted molar refractivity (Wildman–Crippen MR) is 114 cm³/mol. The summed E-state index contributed by atoms with van der Waals surface area (Å²) in [5.41, 5.74) is 2.40. The summed E-state index contributed by atoms with van der Waals surface area (Å²) in [6.45, 7) is 3.29. The molecule has 0 spiro atoms. The number of rotatable bonds is 6. The van der Waals surface area contributed by atoms with E-state index < -0.39 is 0 Å². The third-order valence-corrected chi connectivity index (χ3v) is 5.27. The van der Waals surface area contributed by atoms with Gasteiger partial charge in [-0.15, -0.1) is 0 Å². The first-order chi connectivity index (χ1) is 15.0. The maximum Gasteiger partial charge on any atom is 0.274 e. The molecule has 3 heterocycles. The number of ether oxygens (including phenoxy) is 1. The van der Waals surface area contributed by atoms with Crippen LogP contribution >= 0.6 is 0 Å². The van der Waals surface area contributed by atoms with Gasteiger partial charge in [0.2, 0.25) is 0 Å². The lowest BCUT2D eigenvalue weighted by molar-refractivity contribution is 0.102. The summed E-state index contributed by atoms with van der Waals surface area (Å²) in [7, 11) is 1.56. The van der Waals surface area contributed by atoms with Gasteiger partial charge < -0.3 is 10.1 Å². The molecule has 160 valence electrons. The van der Waals surface area contributed by atoms with Crippen molar-refractivity contribution in [3.63, 3.8) is 0 Å². The lowest BCUT2D eigenvalue weighted by Crippen LogP contribution is -2.26. The fourth-order valence-corrected chi connectivity index (χ4v) is 3.81. The molecule has 1 saturated heterocycles. The van der Waals surface area contributed by atoms with Crippen molar-refractivity contribution in [2.75, 3.05) is 19.0 Å². The van der Waals surface area contributed by atoms with Gasteiger partial charge in [0.25, 0.3) is 5.91 Å². The van der Waals surface area contributed by atoms with Gasteiger partial charge in [-0.2, -0.15) is 0 Å². The summed E-state index contributed by atoms with van der Waals surface area (Å²) in [4.78, 5) is 28.5. The Labute approximate surface area is 180 Å². The van der Waals surface area contributed by atoms with Gasteiger partial charge in [-0.1, -0.05) is 12.1 Å².